The molecule has 0 aliphatic carbocycles. The van der Waals surface area contributed by atoms with Crippen molar-refractivity contribution in [2.45, 2.75) is 20.4 Å². The van der Waals surface area contributed by atoms with Crippen LogP contribution in [0, 0.1) is 5.92 Å². The van der Waals surface area contributed by atoms with Gasteiger partial charge >= 0.3 is 0 Å². The smallest absolute Gasteiger partial charge is 0.260 e. The van der Waals surface area contributed by atoms with Gasteiger partial charge < -0.3 is 10.5 Å². The van der Waals surface area contributed by atoms with E-state index in [2.05, 4.69) is 13.8 Å². The molecule has 0 atom stereocenters. The summed E-state index contributed by atoms with van der Waals surface area (Å²) < 4.78 is 7.08. The Hall–Kier alpha value is -1.81. The summed E-state index contributed by atoms with van der Waals surface area (Å²) in [6.07, 6.45) is 0. The highest BCUT2D eigenvalue weighted by molar-refractivity contribution is 5.83. The van der Waals surface area contributed by atoms with Crippen molar-refractivity contribution in [3.8, 4) is 0 Å². The van der Waals surface area contributed by atoms with E-state index in [4.69, 9.17) is 10.5 Å². The van der Waals surface area contributed by atoms with Gasteiger partial charge in [0.15, 0.2) is 0 Å². The third kappa shape index (κ3) is 3.15. The molecular weight excluding hydrogens is 240 g/mol. The number of fused-ring (bicyclic) bond motifs is 1. The quantitative estimate of drug-likeness (QED) is 0.839. The number of ether oxygens (including phenoxy) is 1. The Morgan fingerprint density at radius 2 is 2.05 bits per heavy atom. The van der Waals surface area contributed by atoms with Crippen LogP contribution < -0.4 is 11.3 Å². The largest absolute Gasteiger partial charge is 0.385 e. The van der Waals surface area contributed by atoms with Gasteiger partial charge in [0.1, 0.15) is 5.82 Å². The van der Waals surface area contributed by atoms with E-state index in [9.17, 15) is 4.79 Å². The van der Waals surface area contributed by atoms with Crippen molar-refractivity contribution < 1.29 is 4.74 Å². The van der Waals surface area contributed by atoms with Gasteiger partial charge in [0.25, 0.3) is 5.56 Å². The fourth-order valence-corrected chi connectivity index (χ4v) is 2.02. The lowest BCUT2D eigenvalue weighted by molar-refractivity contribution is 0.103. The van der Waals surface area contributed by atoms with Crippen molar-refractivity contribution in [3.63, 3.8) is 0 Å². The summed E-state index contributed by atoms with van der Waals surface area (Å²) in [6.45, 7) is 5.87. The van der Waals surface area contributed by atoms with E-state index in [0.717, 1.165) is 5.39 Å². The molecule has 19 heavy (non-hydrogen) atoms. The van der Waals surface area contributed by atoms with Gasteiger partial charge in [-0.3, -0.25) is 9.36 Å². The minimum Gasteiger partial charge on any atom is -0.385 e. The second-order valence-electron chi connectivity index (χ2n) is 5.08. The van der Waals surface area contributed by atoms with E-state index in [1.807, 2.05) is 30.3 Å². The number of nitrogens with zero attached hydrogens (tertiary/aromatic N) is 1. The highest BCUT2D eigenvalue weighted by atomic mass is 16.5. The summed E-state index contributed by atoms with van der Waals surface area (Å²) in [6, 6.07) is 9.31. The second-order valence-corrected chi connectivity index (χ2v) is 5.08. The minimum absolute atomic E-state index is 0.0521. The maximum Gasteiger partial charge on any atom is 0.260 e. The predicted octanol–water partition coefficient (Wildman–Crippen LogP) is 2.26. The van der Waals surface area contributed by atoms with Gasteiger partial charge in [-0.1, -0.05) is 32.0 Å². The molecule has 0 bridgehead atoms. The summed E-state index contributed by atoms with van der Waals surface area (Å²) in [5.74, 6) is 0.975. The number of rotatable bonds is 5. The SMILES string of the molecule is CC(C)COCCn1c(N)cc2ccccc2c1=O. The Morgan fingerprint density at radius 1 is 1.32 bits per heavy atom. The van der Waals surface area contributed by atoms with Crippen LogP contribution in [0.2, 0.25) is 0 Å². The molecule has 1 aromatic carbocycles. The third-order valence-corrected chi connectivity index (χ3v) is 2.96. The van der Waals surface area contributed by atoms with Crippen LogP contribution in [0.25, 0.3) is 10.8 Å². The van der Waals surface area contributed by atoms with E-state index in [-0.39, 0.29) is 5.56 Å². The lowest BCUT2D eigenvalue weighted by Crippen LogP contribution is -2.25. The van der Waals surface area contributed by atoms with E-state index in [1.54, 1.807) is 4.57 Å². The first-order valence-corrected chi connectivity index (χ1v) is 6.55. The Balaban J connectivity index is 2.21. The van der Waals surface area contributed by atoms with Gasteiger partial charge in [0.05, 0.1) is 13.2 Å². The van der Waals surface area contributed by atoms with Gasteiger partial charge in [-0.2, -0.15) is 0 Å². The molecule has 2 rings (SSSR count). The lowest BCUT2D eigenvalue weighted by Gasteiger charge is -2.12. The maximum absolute atomic E-state index is 12.3. The highest BCUT2D eigenvalue weighted by Crippen LogP contribution is 2.13. The van der Waals surface area contributed by atoms with Gasteiger partial charge in [-0.05, 0) is 23.4 Å². The predicted molar refractivity (Wildman–Crippen MR) is 78.3 cm³/mol. The standard InChI is InChI=1S/C15H20N2O2/c1-11(2)10-19-8-7-17-14(16)9-12-5-3-4-6-13(12)15(17)18/h3-6,9,11H,7-8,10,16H2,1-2H3. The summed E-state index contributed by atoms with van der Waals surface area (Å²) in [5, 5.41) is 1.57. The number of hydrogen-bond acceptors (Lipinski definition) is 3. The van der Waals surface area contributed by atoms with Crippen LogP contribution in [-0.4, -0.2) is 17.8 Å². The fraction of sp³-hybridized carbons (Fsp3) is 0.400. The average molecular weight is 260 g/mol. The summed E-state index contributed by atoms with van der Waals surface area (Å²) in [4.78, 5) is 12.3. The summed E-state index contributed by atoms with van der Waals surface area (Å²) >= 11 is 0. The Bertz CT molecular complexity index is 617. The Labute approximate surface area is 112 Å². The first-order valence-electron chi connectivity index (χ1n) is 6.55. The monoisotopic (exact) mass is 260 g/mol. The van der Waals surface area contributed by atoms with Crippen LogP contribution in [-0.2, 0) is 11.3 Å². The molecule has 0 aliphatic heterocycles. The van der Waals surface area contributed by atoms with Crippen LogP contribution in [0.5, 0.6) is 0 Å². The number of benzene rings is 1. The van der Waals surface area contributed by atoms with Crippen LogP contribution in [0.4, 0.5) is 5.82 Å². The Kier molecular flexibility index (Phi) is 4.22. The second kappa shape index (κ2) is 5.89. The Morgan fingerprint density at radius 3 is 2.79 bits per heavy atom. The number of nitrogens with two attached hydrogens (primary N) is 1. The molecule has 4 nitrogen and oxygen atoms in total. The molecule has 0 amide bonds. The third-order valence-electron chi connectivity index (χ3n) is 2.96. The van der Waals surface area contributed by atoms with Crippen molar-refractivity contribution in [1.82, 2.24) is 4.57 Å². The normalized spacial score (nSPS) is 11.3. The van der Waals surface area contributed by atoms with Crippen LogP contribution in [0.3, 0.4) is 0 Å². The molecule has 0 unspecified atom stereocenters. The molecule has 2 N–H and O–H groups in total. The van der Waals surface area contributed by atoms with Crippen molar-refractivity contribution in [2.24, 2.45) is 5.92 Å². The molecule has 0 radical (unpaired) electrons. The molecule has 0 saturated heterocycles. The van der Waals surface area contributed by atoms with Gasteiger partial charge in [0.2, 0.25) is 0 Å². The van der Waals surface area contributed by atoms with Crippen LogP contribution in [0.1, 0.15) is 13.8 Å². The van der Waals surface area contributed by atoms with E-state index in [1.165, 1.54) is 0 Å². The molecule has 1 heterocycles. The number of anilines is 1. The van der Waals surface area contributed by atoms with Gasteiger partial charge in [0, 0.05) is 12.0 Å². The van der Waals surface area contributed by atoms with Gasteiger partial charge in [-0.15, -0.1) is 0 Å². The topological polar surface area (TPSA) is 57.2 Å². The molecule has 0 fully saturated rings. The maximum atomic E-state index is 12.3. The van der Waals surface area contributed by atoms with E-state index in [0.29, 0.717) is 36.9 Å². The molecule has 1 aromatic heterocycles. The van der Waals surface area contributed by atoms with E-state index < -0.39 is 0 Å². The van der Waals surface area contributed by atoms with Crippen molar-refractivity contribution in [3.05, 3.63) is 40.7 Å². The van der Waals surface area contributed by atoms with Crippen LogP contribution in [0.15, 0.2) is 35.1 Å². The highest BCUT2D eigenvalue weighted by Gasteiger charge is 2.06. The minimum atomic E-state index is -0.0521. The van der Waals surface area contributed by atoms with Crippen molar-refractivity contribution >= 4 is 16.6 Å². The first-order chi connectivity index (χ1) is 9.09. The molecular formula is C15H20N2O2. The lowest BCUT2D eigenvalue weighted by atomic mass is 10.1. The van der Waals surface area contributed by atoms with Crippen molar-refractivity contribution in [1.29, 1.82) is 0 Å². The molecule has 102 valence electrons. The molecule has 0 saturated carbocycles. The molecule has 0 aliphatic rings. The number of nitrogen functional groups attached to an aromatic ring is 1. The molecule has 0 spiro atoms. The first kappa shape index (κ1) is 13.6. The fourth-order valence-electron chi connectivity index (χ4n) is 2.02. The van der Waals surface area contributed by atoms with Gasteiger partial charge in [-0.25, -0.2) is 0 Å². The zero-order valence-corrected chi connectivity index (χ0v) is 11.4. The van der Waals surface area contributed by atoms with Crippen molar-refractivity contribution in [2.75, 3.05) is 18.9 Å². The molecule has 2 aromatic rings. The number of pyridine rings is 1. The van der Waals surface area contributed by atoms with Crippen LogP contribution >= 0.6 is 0 Å². The number of aromatic nitrogens is 1. The average Bonchev–Trinajstić information content (AvgIpc) is 2.37. The zero-order valence-electron chi connectivity index (χ0n) is 11.4. The summed E-state index contributed by atoms with van der Waals surface area (Å²) in [5.41, 5.74) is 5.88. The summed E-state index contributed by atoms with van der Waals surface area (Å²) in [7, 11) is 0. The molecule has 4 heteroatoms. The zero-order chi connectivity index (χ0) is 13.8. The number of hydrogen-bond donors (Lipinski definition) is 1. The van der Waals surface area contributed by atoms with E-state index >= 15 is 0 Å².